The number of hydrogen-bond acceptors (Lipinski definition) is 6. The number of halogens is 1. The third-order valence-corrected chi connectivity index (χ3v) is 8.57. The van der Waals surface area contributed by atoms with Gasteiger partial charge >= 0.3 is 0 Å². The van der Waals surface area contributed by atoms with Gasteiger partial charge in [-0.25, -0.2) is 4.39 Å². The van der Waals surface area contributed by atoms with E-state index < -0.39 is 39.9 Å². The molecule has 7 rings (SSSR count). The highest BCUT2D eigenvalue weighted by molar-refractivity contribution is 6.32. The number of nitro benzene ring substituents is 1. The standard InChI is InChI=1S/C33H21FN2O5/c34-22-14-9-20(10-15-22)28-29(30(37)21-11-16-23(17-12-21)36(40)41)35-26-8-4-1-5-19(26)13-18-27(35)33(28)31(38)24-6-2-3-7-25(24)32(33)39/h1-18,27-29H/t27-,28-,29+/m1/s1. The Morgan fingerprint density at radius 2 is 1.44 bits per heavy atom. The molecule has 1 fully saturated rings. The number of carbonyl (C=O) groups excluding carboxylic acids is 3. The van der Waals surface area contributed by atoms with Gasteiger partial charge in [-0.05, 0) is 41.5 Å². The summed E-state index contributed by atoms with van der Waals surface area (Å²) in [7, 11) is 0. The zero-order valence-corrected chi connectivity index (χ0v) is 21.4. The Morgan fingerprint density at radius 1 is 0.829 bits per heavy atom. The molecule has 0 amide bonds. The molecule has 0 radical (unpaired) electrons. The van der Waals surface area contributed by atoms with E-state index in [1.807, 2.05) is 41.3 Å². The fourth-order valence-corrected chi connectivity index (χ4v) is 6.88. The lowest BCUT2D eigenvalue weighted by atomic mass is 9.64. The van der Waals surface area contributed by atoms with Gasteiger partial charge in [0.15, 0.2) is 17.3 Å². The topological polar surface area (TPSA) is 97.6 Å². The fourth-order valence-electron chi connectivity index (χ4n) is 6.88. The molecule has 0 saturated carbocycles. The van der Waals surface area contributed by atoms with Gasteiger partial charge < -0.3 is 4.90 Å². The van der Waals surface area contributed by atoms with E-state index in [1.165, 1.54) is 48.5 Å². The van der Waals surface area contributed by atoms with Crippen LogP contribution in [0.4, 0.5) is 15.8 Å². The van der Waals surface area contributed by atoms with Crippen LogP contribution < -0.4 is 4.90 Å². The van der Waals surface area contributed by atoms with E-state index in [-0.39, 0.29) is 22.8 Å². The van der Waals surface area contributed by atoms with Crippen molar-refractivity contribution in [2.75, 3.05) is 4.90 Å². The van der Waals surface area contributed by atoms with Crippen LogP contribution in [0.2, 0.25) is 0 Å². The molecule has 8 heteroatoms. The fraction of sp³-hybridized carbons (Fsp3) is 0.121. The number of Topliss-reactive ketones (excluding diaryl/α,β-unsaturated/α-hetero) is 3. The van der Waals surface area contributed by atoms with E-state index in [2.05, 4.69) is 0 Å². The minimum absolute atomic E-state index is 0.166. The molecule has 2 heterocycles. The molecule has 4 aromatic carbocycles. The maximum Gasteiger partial charge on any atom is 0.269 e. The summed E-state index contributed by atoms with van der Waals surface area (Å²) in [5.41, 5.74) is 0.886. The van der Waals surface area contributed by atoms with E-state index in [4.69, 9.17) is 0 Å². The van der Waals surface area contributed by atoms with E-state index in [0.717, 1.165) is 5.56 Å². The van der Waals surface area contributed by atoms with Crippen LogP contribution in [0, 0.1) is 21.3 Å². The van der Waals surface area contributed by atoms with Gasteiger partial charge in [0.25, 0.3) is 5.69 Å². The lowest BCUT2D eigenvalue weighted by Gasteiger charge is -2.37. The highest BCUT2D eigenvalue weighted by Crippen LogP contribution is 2.60. The maximum absolute atomic E-state index is 14.5. The first-order valence-electron chi connectivity index (χ1n) is 13.1. The Hall–Kier alpha value is -5.24. The second kappa shape index (κ2) is 8.89. The third kappa shape index (κ3) is 3.34. The quantitative estimate of drug-likeness (QED) is 0.134. The summed E-state index contributed by atoms with van der Waals surface area (Å²) >= 11 is 0. The molecule has 3 atom stereocenters. The molecule has 1 spiro atoms. The van der Waals surface area contributed by atoms with Crippen LogP contribution in [0.3, 0.4) is 0 Å². The molecule has 4 aromatic rings. The maximum atomic E-state index is 14.5. The van der Waals surface area contributed by atoms with Crippen LogP contribution in [0.1, 0.15) is 48.1 Å². The first-order valence-corrected chi connectivity index (χ1v) is 13.1. The summed E-state index contributed by atoms with van der Waals surface area (Å²) in [6.07, 6.45) is 3.67. The van der Waals surface area contributed by atoms with Crippen molar-refractivity contribution < 1.29 is 23.7 Å². The van der Waals surface area contributed by atoms with Crippen molar-refractivity contribution in [3.8, 4) is 0 Å². The normalized spacial score (nSPS) is 21.5. The average Bonchev–Trinajstić information content (AvgIpc) is 3.43. The minimum atomic E-state index is -1.70. The molecule has 0 unspecified atom stereocenters. The summed E-state index contributed by atoms with van der Waals surface area (Å²) in [5, 5.41) is 11.3. The Morgan fingerprint density at radius 3 is 2.07 bits per heavy atom. The first-order chi connectivity index (χ1) is 19.8. The predicted molar refractivity (Wildman–Crippen MR) is 150 cm³/mol. The Labute approximate surface area is 233 Å². The van der Waals surface area contributed by atoms with Gasteiger partial charge in [0, 0.05) is 40.4 Å². The van der Waals surface area contributed by atoms with Crippen LogP contribution >= 0.6 is 0 Å². The third-order valence-electron chi connectivity index (χ3n) is 8.57. The van der Waals surface area contributed by atoms with Crippen molar-refractivity contribution in [1.82, 2.24) is 0 Å². The van der Waals surface area contributed by atoms with Gasteiger partial charge in [-0.2, -0.15) is 0 Å². The smallest absolute Gasteiger partial charge is 0.269 e. The summed E-state index contributed by atoms with van der Waals surface area (Å²) in [6, 6.07) is 23.1. The van der Waals surface area contributed by atoms with Crippen molar-refractivity contribution in [3.63, 3.8) is 0 Å². The molecular weight excluding hydrogens is 523 g/mol. The molecule has 200 valence electrons. The SMILES string of the molecule is O=C(c1ccc([N+](=O)[O-])cc1)[C@@H]1[C@@H](c2ccc(F)cc2)C2(C(=O)c3ccccc3C2=O)[C@H]2C=Cc3ccccc3N12. The van der Waals surface area contributed by atoms with E-state index in [1.54, 1.807) is 24.3 Å². The molecule has 7 nitrogen and oxygen atoms in total. The molecule has 41 heavy (non-hydrogen) atoms. The number of anilines is 1. The second-order valence-corrected chi connectivity index (χ2v) is 10.5. The van der Waals surface area contributed by atoms with Crippen molar-refractivity contribution in [1.29, 1.82) is 0 Å². The predicted octanol–water partition coefficient (Wildman–Crippen LogP) is 6.05. The van der Waals surface area contributed by atoms with Gasteiger partial charge in [0.05, 0.1) is 11.0 Å². The largest absolute Gasteiger partial charge is 0.352 e. The number of fused-ring (bicyclic) bond motifs is 5. The summed E-state index contributed by atoms with van der Waals surface area (Å²) in [6.45, 7) is 0. The van der Waals surface area contributed by atoms with Crippen LogP contribution in [-0.2, 0) is 0 Å². The molecule has 3 aliphatic rings. The molecule has 2 aliphatic heterocycles. The van der Waals surface area contributed by atoms with Gasteiger partial charge in [-0.1, -0.05) is 66.7 Å². The minimum Gasteiger partial charge on any atom is -0.352 e. The zero-order valence-electron chi connectivity index (χ0n) is 21.4. The number of hydrogen-bond donors (Lipinski definition) is 0. The number of non-ortho nitro benzene ring substituents is 1. The molecule has 1 aliphatic carbocycles. The lowest BCUT2D eigenvalue weighted by Crippen LogP contribution is -2.48. The molecular formula is C33H21FN2O5. The van der Waals surface area contributed by atoms with Crippen LogP contribution in [-0.4, -0.2) is 34.4 Å². The van der Waals surface area contributed by atoms with E-state index >= 15 is 0 Å². The number of para-hydroxylation sites is 1. The number of benzene rings is 4. The van der Waals surface area contributed by atoms with Crippen molar-refractivity contribution in [2.24, 2.45) is 5.41 Å². The van der Waals surface area contributed by atoms with Crippen molar-refractivity contribution in [2.45, 2.75) is 18.0 Å². The lowest BCUT2D eigenvalue weighted by molar-refractivity contribution is -0.384. The van der Waals surface area contributed by atoms with Gasteiger partial charge in [0.1, 0.15) is 17.3 Å². The summed E-state index contributed by atoms with van der Waals surface area (Å²) < 4.78 is 14.1. The van der Waals surface area contributed by atoms with Crippen LogP contribution in [0.5, 0.6) is 0 Å². The van der Waals surface area contributed by atoms with E-state index in [9.17, 15) is 28.9 Å². The van der Waals surface area contributed by atoms with Crippen LogP contribution in [0.25, 0.3) is 6.08 Å². The Balaban J connectivity index is 1.52. The zero-order chi connectivity index (χ0) is 28.5. The van der Waals surface area contributed by atoms with Gasteiger partial charge in [-0.3, -0.25) is 24.5 Å². The number of nitro groups is 1. The number of carbonyl (C=O) groups is 3. The Bertz CT molecular complexity index is 1780. The highest BCUT2D eigenvalue weighted by atomic mass is 19.1. The number of rotatable bonds is 4. The van der Waals surface area contributed by atoms with Crippen LogP contribution in [0.15, 0.2) is 103 Å². The molecule has 0 aromatic heterocycles. The Kier molecular flexibility index (Phi) is 5.37. The van der Waals surface area contributed by atoms with Gasteiger partial charge in [-0.15, -0.1) is 0 Å². The molecule has 1 saturated heterocycles. The summed E-state index contributed by atoms with van der Waals surface area (Å²) in [5.74, 6) is -2.65. The summed E-state index contributed by atoms with van der Waals surface area (Å²) in [4.78, 5) is 56.2. The van der Waals surface area contributed by atoms with Crippen molar-refractivity contribution >= 4 is 34.8 Å². The van der Waals surface area contributed by atoms with Gasteiger partial charge in [0.2, 0.25) is 0 Å². The second-order valence-electron chi connectivity index (χ2n) is 10.5. The number of ketones is 3. The highest BCUT2D eigenvalue weighted by Gasteiger charge is 2.71. The molecule has 0 N–H and O–H groups in total. The first kappa shape index (κ1) is 24.8. The average molecular weight is 545 g/mol. The number of nitrogens with zero attached hydrogens (tertiary/aromatic N) is 2. The van der Waals surface area contributed by atoms with Crippen molar-refractivity contribution in [3.05, 3.63) is 147 Å². The molecule has 0 bridgehead atoms. The van der Waals surface area contributed by atoms with E-state index in [0.29, 0.717) is 22.4 Å². The monoisotopic (exact) mass is 544 g/mol.